The van der Waals surface area contributed by atoms with Gasteiger partial charge in [0.2, 0.25) is 5.91 Å². The van der Waals surface area contributed by atoms with Gasteiger partial charge in [0.1, 0.15) is 22.5 Å². The van der Waals surface area contributed by atoms with Crippen LogP contribution in [-0.4, -0.2) is 32.0 Å². The van der Waals surface area contributed by atoms with Crippen molar-refractivity contribution >= 4 is 45.8 Å². The molecule has 0 saturated heterocycles. The number of anilines is 1. The quantitative estimate of drug-likeness (QED) is 0.248. The molecular weight excluding hydrogens is 535 g/mol. The van der Waals surface area contributed by atoms with Crippen molar-refractivity contribution in [2.24, 2.45) is 5.73 Å². The standard InChI is InChI=1S/C28H23FN6O4S/c29-19-8-5-16(6-9-19)14-33-27(37)24(18-7-10-21-17(13-18)3-1-11-32-21)35(15-20-4-2-12-39-20)28(38)25-22(30)23(26(31)36)34-40-25/h1-13,24H,14-15,30H2,(H2,31,36)(H,33,37). The smallest absolute Gasteiger partial charge is 0.270 e. The Morgan fingerprint density at radius 1 is 1.07 bits per heavy atom. The molecule has 0 spiro atoms. The van der Waals surface area contributed by atoms with Crippen LogP contribution in [0.15, 0.2) is 83.6 Å². The number of benzene rings is 2. The van der Waals surface area contributed by atoms with Gasteiger partial charge in [-0.25, -0.2) is 4.39 Å². The van der Waals surface area contributed by atoms with E-state index in [0.29, 0.717) is 22.4 Å². The van der Waals surface area contributed by atoms with Gasteiger partial charge in [-0.05, 0) is 65.1 Å². The summed E-state index contributed by atoms with van der Waals surface area (Å²) in [7, 11) is 0. The lowest BCUT2D eigenvalue weighted by Gasteiger charge is -2.30. The molecule has 202 valence electrons. The number of nitrogens with zero attached hydrogens (tertiary/aromatic N) is 3. The molecule has 5 rings (SSSR count). The predicted octanol–water partition coefficient (Wildman–Crippen LogP) is 3.80. The summed E-state index contributed by atoms with van der Waals surface area (Å²) in [6.45, 7) is -0.0170. The molecule has 0 aliphatic carbocycles. The molecule has 0 aliphatic rings. The zero-order valence-electron chi connectivity index (χ0n) is 20.9. The number of nitrogen functional groups attached to an aromatic ring is 1. The van der Waals surface area contributed by atoms with Gasteiger partial charge in [0.25, 0.3) is 11.8 Å². The molecular formula is C28H23FN6O4S. The number of hydrogen-bond donors (Lipinski definition) is 3. The SMILES string of the molecule is NC(=O)c1nsc(C(=O)N(Cc2ccco2)C(C(=O)NCc2ccc(F)cc2)c2ccc3ncccc3c2)c1N. The lowest BCUT2D eigenvalue weighted by molar-refractivity contribution is -0.126. The van der Waals surface area contributed by atoms with Gasteiger partial charge in [-0.15, -0.1) is 0 Å². The van der Waals surface area contributed by atoms with E-state index in [0.717, 1.165) is 16.9 Å². The van der Waals surface area contributed by atoms with Crippen molar-refractivity contribution in [3.63, 3.8) is 0 Å². The Hall–Kier alpha value is -5.10. The average Bonchev–Trinajstić information content (AvgIpc) is 3.61. The maximum Gasteiger partial charge on any atom is 0.270 e. The van der Waals surface area contributed by atoms with Crippen molar-refractivity contribution in [1.82, 2.24) is 19.6 Å². The van der Waals surface area contributed by atoms with Crippen LogP contribution in [0.3, 0.4) is 0 Å². The molecule has 5 aromatic rings. The van der Waals surface area contributed by atoms with E-state index in [1.807, 2.05) is 6.07 Å². The minimum absolute atomic E-state index is 0.0425. The third-order valence-electron chi connectivity index (χ3n) is 6.21. The number of fused-ring (bicyclic) bond motifs is 1. The summed E-state index contributed by atoms with van der Waals surface area (Å²) >= 11 is 0.717. The molecule has 3 heterocycles. The highest BCUT2D eigenvalue weighted by Gasteiger charge is 2.35. The highest BCUT2D eigenvalue weighted by molar-refractivity contribution is 7.09. The number of nitrogens with two attached hydrogens (primary N) is 2. The van der Waals surface area contributed by atoms with E-state index in [1.54, 1.807) is 54.7 Å². The van der Waals surface area contributed by atoms with Gasteiger partial charge in [0.05, 0.1) is 24.0 Å². The van der Waals surface area contributed by atoms with Crippen LogP contribution in [0, 0.1) is 5.82 Å². The number of hydrogen-bond acceptors (Lipinski definition) is 8. The molecule has 0 saturated carbocycles. The molecule has 0 radical (unpaired) electrons. The van der Waals surface area contributed by atoms with Gasteiger partial charge in [0.15, 0.2) is 5.69 Å². The van der Waals surface area contributed by atoms with Gasteiger partial charge in [-0.2, -0.15) is 4.37 Å². The highest BCUT2D eigenvalue weighted by Crippen LogP contribution is 2.31. The van der Waals surface area contributed by atoms with Crippen LogP contribution in [0.1, 0.15) is 43.1 Å². The van der Waals surface area contributed by atoms with Crippen molar-refractivity contribution in [2.75, 3.05) is 5.73 Å². The van der Waals surface area contributed by atoms with Gasteiger partial charge in [-0.3, -0.25) is 19.4 Å². The lowest BCUT2D eigenvalue weighted by Crippen LogP contribution is -2.43. The number of nitrogens with one attached hydrogen (secondary N) is 1. The number of aromatic nitrogens is 2. The molecule has 10 nitrogen and oxygen atoms in total. The number of primary amides is 1. The molecule has 40 heavy (non-hydrogen) atoms. The number of amides is 3. The molecule has 3 aromatic heterocycles. The van der Waals surface area contributed by atoms with Crippen molar-refractivity contribution in [3.8, 4) is 0 Å². The Kier molecular flexibility index (Phi) is 7.51. The van der Waals surface area contributed by atoms with E-state index in [1.165, 1.54) is 23.3 Å². The van der Waals surface area contributed by atoms with Crippen LogP contribution in [0.25, 0.3) is 10.9 Å². The molecule has 2 aromatic carbocycles. The monoisotopic (exact) mass is 558 g/mol. The minimum atomic E-state index is -1.17. The Morgan fingerprint density at radius 3 is 2.58 bits per heavy atom. The second-order valence-corrected chi connectivity index (χ2v) is 9.63. The second-order valence-electron chi connectivity index (χ2n) is 8.85. The first kappa shape index (κ1) is 26.5. The molecule has 1 unspecified atom stereocenters. The van der Waals surface area contributed by atoms with Crippen LogP contribution < -0.4 is 16.8 Å². The fourth-order valence-electron chi connectivity index (χ4n) is 4.24. The molecule has 0 bridgehead atoms. The van der Waals surface area contributed by atoms with Crippen LogP contribution in [0.2, 0.25) is 0 Å². The zero-order chi connectivity index (χ0) is 28.2. The predicted molar refractivity (Wildman–Crippen MR) is 146 cm³/mol. The van der Waals surface area contributed by atoms with E-state index >= 15 is 0 Å². The minimum Gasteiger partial charge on any atom is -0.467 e. The first-order valence-electron chi connectivity index (χ1n) is 12.1. The molecule has 3 amide bonds. The maximum absolute atomic E-state index is 14.0. The molecule has 0 fully saturated rings. The molecule has 1 atom stereocenters. The zero-order valence-corrected chi connectivity index (χ0v) is 21.7. The second kappa shape index (κ2) is 11.3. The van der Waals surface area contributed by atoms with Crippen LogP contribution in [-0.2, 0) is 17.9 Å². The lowest BCUT2D eigenvalue weighted by atomic mass is 10.0. The Morgan fingerprint density at radius 2 is 1.88 bits per heavy atom. The average molecular weight is 559 g/mol. The molecule has 12 heteroatoms. The van der Waals surface area contributed by atoms with Gasteiger partial charge >= 0.3 is 0 Å². The van der Waals surface area contributed by atoms with E-state index in [9.17, 15) is 18.8 Å². The fourth-order valence-corrected chi connectivity index (χ4v) is 5.00. The number of pyridine rings is 1. The normalized spacial score (nSPS) is 11.7. The van der Waals surface area contributed by atoms with E-state index in [4.69, 9.17) is 15.9 Å². The molecule has 0 aliphatic heterocycles. The first-order valence-corrected chi connectivity index (χ1v) is 12.8. The number of furan rings is 1. The van der Waals surface area contributed by atoms with Gasteiger partial charge < -0.3 is 26.1 Å². The largest absolute Gasteiger partial charge is 0.467 e. The Bertz CT molecular complexity index is 1690. The van der Waals surface area contributed by atoms with Gasteiger partial charge in [-0.1, -0.05) is 24.3 Å². The maximum atomic E-state index is 14.0. The summed E-state index contributed by atoms with van der Waals surface area (Å²) in [5.74, 6) is -2.02. The van der Waals surface area contributed by atoms with Crippen molar-refractivity contribution in [3.05, 3.63) is 112 Å². The van der Waals surface area contributed by atoms with Crippen LogP contribution in [0.5, 0.6) is 0 Å². The number of carbonyl (C=O) groups is 3. The highest BCUT2D eigenvalue weighted by atomic mass is 32.1. The van der Waals surface area contributed by atoms with Crippen molar-refractivity contribution in [1.29, 1.82) is 0 Å². The van der Waals surface area contributed by atoms with Crippen molar-refractivity contribution < 1.29 is 23.2 Å². The summed E-state index contributed by atoms with van der Waals surface area (Å²) in [6.07, 6.45) is 3.11. The van der Waals surface area contributed by atoms with Crippen LogP contribution >= 0.6 is 11.5 Å². The first-order chi connectivity index (χ1) is 19.3. The number of rotatable bonds is 9. The Labute approximate surface area is 231 Å². The van der Waals surface area contributed by atoms with E-state index < -0.39 is 29.6 Å². The third kappa shape index (κ3) is 5.52. The number of halogens is 1. The van der Waals surface area contributed by atoms with E-state index in [-0.39, 0.29) is 29.3 Å². The third-order valence-corrected chi connectivity index (χ3v) is 7.06. The van der Waals surface area contributed by atoms with Crippen LogP contribution in [0.4, 0.5) is 10.1 Å². The summed E-state index contributed by atoms with van der Waals surface area (Å²) in [6, 6.07) is 16.7. The Balaban J connectivity index is 1.58. The topological polar surface area (TPSA) is 157 Å². The molecule has 5 N–H and O–H groups in total. The van der Waals surface area contributed by atoms with Gasteiger partial charge in [0, 0.05) is 18.1 Å². The summed E-state index contributed by atoms with van der Waals surface area (Å²) < 4.78 is 22.9. The summed E-state index contributed by atoms with van der Waals surface area (Å²) in [5, 5.41) is 3.61. The van der Waals surface area contributed by atoms with Crippen molar-refractivity contribution in [2.45, 2.75) is 19.1 Å². The van der Waals surface area contributed by atoms with E-state index in [2.05, 4.69) is 14.7 Å². The number of carbonyl (C=O) groups excluding carboxylic acids is 3. The summed E-state index contributed by atoms with van der Waals surface area (Å²) in [4.78, 5) is 45.2. The fraction of sp³-hybridized carbons (Fsp3) is 0.107. The summed E-state index contributed by atoms with van der Waals surface area (Å²) in [5.41, 5.74) is 12.9.